The first kappa shape index (κ1) is 33.0. The normalized spacial score (nSPS) is 12.9. The zero-order valence-electron chi connectivity index (χ0n) is 28.4. The third-order valence-corrected chi connectivity index (χ3v) is 8.82. The minimum Gasteiger partial charge on any atom is -0.488 e. The zero-order chi connectivity index (χ0) is 33.5. The van der Waals surface area contributed by atoms with Gasteiger partial charge < -0.3 is 19.3 Å². The van der Waals surface area contributed by atoms with E-state index in [1.54, 1.807) is 0 Å². The Labute approximate surface area is 283 Å². The Hall–Kier alpha value is -4.88. The third-order valence-electron chi connectivity index (χ3n) is 8.82. The smallest absolute Gasteiger partial charge is 0.274 e. The van der Waals surface area contributed by atoms with Crippen molar-refractivity contribution in [1.82, 2.24) is 15.4 Å². The van der Waals surface area contributed by atoms with Gasteiger partial charge in [0.2, 0.25) is 0 Å². The van der Waals surface area contributed by atoms with Crippen molar-refractivity contribution in [3.63, 3.8) is 0 Å². The van der Waals surface area contributed by atoms with Crippen LogP contribution in [0.4, 0.5) is 0 Å². The van der Waals surface area contributed by atoms with Crippen molar-refractivity contribution in [2.24, 2.45) is 0 Å². The average Bonchev–Trinajstić information content (AvgIpc) is 3.56. The minimum absolute atomic E-state index is 0.140. The summed E-state index contributed by atoms with van der Waals surface area (Å²) in [6.45, 7) is 12.7. The molecular formula is C41H45N3O4. The van der Waals surface area contributed by atoms with Gasteiger partial charge in [0.15, 0.2) is 11.5 Å². The predicted molar refractivity (Wildman–Crippen MR) is 190 cm³/mol. The first-order valence-corrected chi connectivity index (χ1v) is 17.1. The molecule has 1 aromatic heterocycles. The number of nitrogens with one attached hydrogen (secondary N) is 1. The molecule has 248 valence electrons. The van der Waals surface area contributed by atoms with Gasteiger partial charge in [-0.15, -0.1) is 0 Å². The van der Waals surface area contributed by atoms with Crippen molar-refractivity contribution in [2.75, 3.05) is 19.6 Å². The van der Waals surface area contributed by atoms with Gasteiger partial charge in [-0.25, -0.2) is 0 Å². The number of hydrogen-bond acceptors (Lipinski definition) is 6. The number of fused-ring (bicyclic) bond motifs is 1. The SMILES string of the molecule is CCCN1CCc2cc(-c3c(C(=O)NCC)noc3-c3cc(C(C)C)c(OCc4ccccc4)cc3OCc3ccccc3)ccc2C1. The molecule has 1 amide bonds. The molecular weight excluding hydrogens is 598 g/mol. The second kappa shape index (κ2) is 15.3. The second-order valence-corrected chi connectivity index (χ2v) is 12.7. The largest absolute Gasteiger partial charge is 0.488 e. The lowest BCUT2D eigenvalue weighted by Gasteiger charge is -2.28. The number of carbonyl (C=O) groups excluding carboxylic acids is 1. The summed E-state index contributed by atoms with van der Waals surface area (Å²) in [5, 5.41) is 7.32. The monoisotopic (exact) mass is 643 g/mol. The van der Waals surface area contributed by atoms with Crippen molar-refractivity contribution in [2.45, 2.75) is 66.2 Å². The highest BCUT2D eigenvalue weighted by atomic mass is 16.5. The average molecular weight is 644 g/mol. The molecule has 0 fully saturated rings. The van der Waals surface area contributed by atoms with E-state index in [0.717, 1.165) is 66.0 Å². The van der Waals surface area contributed by atoms with Crippen molar-refractivity contribution < 1.29 is 18.8 Å². The van der Waals surface area contributed by atoms with Gasteiger partial charge in [0.25, 0.3) is 5.91 Å². The molecule has 0 radical (unpaired) electrons. The van der Waals surface area contributed by atoms with E-state index < -0.39 is 0 Å². The molecule has 0 spiro atoms. The van der Waals surface area contributed by atoms with Crippen LogP contribution >= 0.6 is 0 Å². The number of rotatable bonds is 13. The Morgan fingerprint density at radius 3 is 2.21 bits per heavy atom. The van der Waals surface area contributed by atoms with Crippen molar-refractivity contribution in [3.05, 3.63) is 125 Å². The number of ether oxygens (including phenoxy) is 2. The van der Waals surface area contributed by atoms with Gasteiger partial charge in [-0.3, -0.25) is 9.69 Å². The van der Waals surface area contributed by atoms with Gasteiger partial charge in [-0.2, -0.15) is 0 Å². The molecule has 7 nitrogen and oxygen atoms in total. The van der Waals surface area contributed by atoms with Crippen LogP contribution in [0.1, 0.15) is 78.3 Å². The van der Waals surface area contributed by atoms with E-state index in [9.17, 15) is 4.79 Å². The van der Waals surface area contributed by atoms with Crippen LogP contribution in [-0.2, 0) is 26.2 Å². The third kappa shape index (κ3) is 7.47. The van der Waals surface area contributed by atoms with E-state index in [0.29, 0.717) is 36.8 Å². The summed E-state index contributed by atoms with van der Waals surface area (Å²) in [7, 11) is 0. The van der Waals surface area contributed by atoms with Crippen LogP contribution in [-0.4, -0.2) is 35.6 Å². The van der Waals surface area contributed by atoms with E-state index in [1.807, 2.05) is 61.5 Å². The highest BCUT2D eigenvalue weighted by molar-refractivity contribution is 6.02. The fourth-order valence-electron chi connectivity index (χ4n) is 6.34. The van der Waals surface area contributed by atoms with Crippen molar-refractivity contribution in [1.29, 1.82) is 0 Å². The second-order valence-electron chi connectivity index (χ2n) is 12.7. The van der Waals surface area contributed by atoms with E-state index in [4.69, 9.17) is 14.0 Å². The Morgan fingerprint density at radius 2 is 1.56 bits per heavy atom. The van der Waals surface area contributed by atoms with Crippen LogP contribution < -0.4 is 14.8 Å². The van der Waals surface area contributed by atoms with Crippen LogP contribution in [0.5, 0.6) is 11.5 Å². The highest BCUT2D eigenvalue weighted by Crippen LogP contribution is 2.45. The number of aromatic nitrogens is 1. The van der Waals surface area contributed by atoms with E-state index >= 15 is 0 Å². The molecule has 4 aromatic carbocycles. The Bertz CT molecular complexity index is 1830. The molecule has 48 heavy (non-hydrogen) atoms. The molecule has 0 bridgehead atoms. The molecule has 0 aliphatic carbocycles. The number of carbonyl (C=O) groups is 1. The lowest BCUT2D eigenvalue weighted by molar-refractivity contribution is 0.0947. The van der Waals surface area contributed by atoms with E-state index in [2.05, 4.69) is 72.5 Å². The molecule has 1 aliphatic heterocycles. The molecule has 2 heterocycles. The fraction of sp³-hybridized carbons (Fsp3) is 0.317. The zero-order valence-corrected chi connectivity index (χ0v) is 28.4. The standard InChI is InChI=1S/C41H45N3O4/c1-5-20-44-21-19-31-22-32(17-18-33(31)25-44)38-39(41(45)42-6-2)43-48-40(38)35-23-34(28(3)4)36(46-26-29-13-9-7-10-14-29)24-37(35)47-27-30-15-11-8-12-16-30/h7-18,22-24,28H,5-6,19-21,25-27H2,1-4H3,(H,42,45). The van der Waals surface area contributed by atoms with Gasteiger partial charge in [0, 0.05) is 25.7 Å². The highest BCUT2D eigenvalue weighted by Gasteiger charge is 2.29. The Morgan fingerprint density at radius 1 is 0.875 bits per heavy atom. The minimum atomic E-state index is -0.270. The summed E-state index contributed by atoms with van der Waals surface area (Å²) in [5.41, 5.74) is 8.30. The summed E-state index contributed by atoms with van der Waals surface area (Å²) in [6.07, 6.45) is 2.09. The van der Waals surface area contributed by atoms with Gasteiger partial charge in [0.05, 0.1) is 11.1 Å². The summed E-state index contributed by atoms with van der Waals surface area (Å²) < 4.78 is 19.2. The molecule has 0 atom stereocenters. The summed E-state index contributed by atoms with van der Waals surface area (Å²) in [6, 6.07) is 30.7. The molecule has 1 aliphatic rings. The first-order chi connectivity index (χ1) is 23.4. The maximum absolute atomic E-state index is 13.4. The molecule has 7 heteroatoms. The summed E-state index contributed by atoms with van der Waals surface area (Å²) in [4.78, 5) is 15.9. The molecule has 0 saturated heterocycles. The molecule has 1 N–H and O–H groups in total. The lowest BCUT2D eigenvalue weighted by atomic mass is 9.91. The number of hydrogen-bond donors (Lipinski definition) is 1. The van der Waals surface area contributed by atoms with Gasteiger partial charge >= 0.3 is 0 Å². The number of amides is 1. The summed E-state index contributed by atoms with van der Waals surface area (Å²) >= 11 is 0. The molecule has 0 saturated carbocycles. The fourth-order valence-corrected chi connectivity index (χ4v) is 6.34. The van der Waals surface area contributed by atoms with Gasteiger partial charge in [0.1, 0.15) is 24.7 Å². The van der Waals surface area contributed by atoms with Crippen LogP contribution in [0.15, 0.2) is 95.5 Å². The number of benzene rings is 4. The quantitative estimate of drug-likeness (QED) is 0.138. The van der Waals surface area contributed by atoms with Gasteiger partial charge in [-0.1, -0.05) is 105 Å². The van der Waals surface area contributed by atoms with Crippen LogP contribution in [0.3, 0.4) is 0 Å². The van der Waals surface area contributed by atoms with Gasteiger partial charge in [-0.05, 0) is 71.7 Å². The van der Waals surface area contributed by atoms with Crippen LogP contribution in [0.2, 0.25) is 0 Å². The Balaban J connectivity index is 1.47. The van der Waals surface area contributed by atoms with E-state index in [1.165, 1.54) is 11.1 Å². The van der Waals surface area contributed by atoms with Crippen molar-refractivity contribution >= 4 is 5.91 Å². The van der Waals surface area contributed by atoms with E-state index in [-0.39, 0.29) is 17.5 Å². The van der Waals surface area contributed by atoms with Crippen LogP contribution in [0, 0.1) is 0 Å². The topological polar surface area (TPSA) is 76.8 Å². The molecule has 6 rings (SSSR count). The lowest BCUT2D eigenvalue weighted by Crippen LogP contribution is -2.31. The maximum atomic E-state index is 13.4. The van der Waals surface area contributed by atoms with Crippen molar-refractivity contribution in [3.8, 4) is 33.9 Å². The summed E-state index contributed by atoms with van der Waals surface area (Å²) in [5.74, 6) is 1.71. The predicted octanol–water partition coefficient (Wildman–Crippen LogP) is 8.81. The molecule has 5 aromatic rings. The Kier molecular flexibility index (Phi) is 10.6. The number of nitrogens with zero attached hydrogens (tertiary/aromatic N) is 2. The maximum Gasteiger partial charge on any atom is 0.274 e. The van der Waals surface area contributed by atoms with Crippen LogP contribution in [0.25, 0.3) is 22.5 Å². The molecule has 0 unspecified atom stereocenters. The first-order valence-electron chi connectivity index (χ1n) is 17.1.